The number of nitrogens with zero attached hydrogens (tertiary/aromatic N) is 4. The second-order valence-corrected chi connectivity index (χ2v) is 6.47. The van der Waals surface area contributed by atoms with E-state index in [1.165, 1.54) is 4.68 Å². The molecule has 1 N–H and O–H groups in total. The van der Waals surface area contributed by atoms with Gasteiger partial charge < -0.3 is 5.32 Å². The first-order chi connectivity index (χ1) is 9.88. The molecule has 21 heavy (non-hydrogen) atoms. The van der Waals surface area contributed by atoms with E-state index in [4.69, 9.17) is 0 Å². The molecule has 0 atom stereocenters. The van der Waals surface area contributed by atoms with Crippen molar-refractivity contribution >= 4 is 27.3 Å². The van der Waals surface area contributed by atoms with Crippen molar-refractivity contribution in [3.05, 3.63) is 33.4 Å². The van der Waals surface area contributed by atoms with E-state index in [1.807, 2.05) is 10.9 Å². The third-order valence-electron chi connectivity index (χ3n) is 2.93. The lowest BCUT2D eigenvalue weighted by molar-refractivity contribution is 0.463. The summed E-state index contributed by atoms with van der Waals surface area (Å²) in [7, 11) is 0. The van der Waals surface area contributed by atoms with Gasteiger partial charge in [0.25, 0.3) is 5.56 Å². The first-order valence-electron chi connectivity index (χ1n) is 6.95. The zero-order valence-corrected chi connectivity index (χ0v) is 14.3. The Bertz CT molecular complexity index is 674. The Morgan fingerprint density at radius 1 is 1.24 bits per heavy atom. The molecule has 0 aromatic carbocycles. The fourth-order valence-corrected chi connectivity index (χ4v) is 2.27. The standard InChI is InChI=1S/C14H20BrN5O/c1-9(2)7-20-14(21)13(15)12(6-17-20)18-11-5-16-19(8-11)10(3)4/h5-6,8-10,18H,7H2,1-4H3. The summed E-state index contributed by atoms with van der Waals surface area (Å²) in [5.74, 6) is 0.366. The molecule has 0 bridgehead atoms. The van der Waals surface area contributed by atoms with Crippen LogP contribution in [0, 0.1) is 5.92 Å². The van der Waals surface area contributed by atoms with Crippen LogP contribution in [-0.4, -0.2) is 19.6 Å². The highest BCUT2D eigenvalue weighted by atomic mass is 79.9. The largest absolute Gasteiger partial charge is 0.351 e. The van der Waals surface area contributed by atoms with Crippen molar-refractivity contribution in [1.29, 1.82) is 0 Å². The van der Waals surface area contributed by atoms with Gasteiger partial charge in [0.1, 0.15) is 4.47 Å². The Morgan fingerprint density at radius 3 is 2.52 bits per heavy atom. The number of hydrogen-bond donors (Lipinski definition) is 1. The van der Waals surface area contributed by atoms with E-state index in [9.17, 15) is 4.79 Å². The van der Waals surface area contributed by atoms with Gasteiger partial charge in [-0.15, -0.1) is 0 Å². The molecule has 2 aromatic rings. The number of halogens is 1. The van der Waals surface area contributed by atoms with Gasteiger partial charge in [-0.1, -0.05) is 13.8 Å². The molecular weight excluding hydrogens is 334 g/mol. The Morgan fingerprint density at radius 2 is 1.95 bits per heavy atom. The molecule has 7 heteroatoms. The molecule has 6 nitrogen and oxygen atoms in total. The van der Waals surface area contributed by atoms with Gasteiger partial charge in [0.15, 0.2) is 0 Å². The molecule has 0 aliphatic heterocycles. The maximum Gasteiger partial charge on any atom is 0.283 e. The van der Waals surface area contributed by atoms with Crippen molar-refractivity contribution in [2.75, 3.05) is 5.32 Å². The van der Waals surface area contributed by atoms with Crippen molar-refractivity contribution in [3.63, 3.8) is 0 Å². The Labute approximate surface area is 132 Å². The minimum Gasteiger partial charge on any atom is -0.351 e. The molecule has 2 aromatic heterocycles. The third kappa shape index (κ3) is 3.72. The van der Waals surface area contributed by atoms with Gasteiger partial charge in [-0.3, -0.25) is 9.48 Å². The first kappa shape index (κ1) is 15.8. The average Bonchev–Trinajstić information content (AvgIpc) is 2.87. The molecule has 114 valence electrons. The van der Waals surface area contributed by atoms with E-state index in [0.29, 0.717) is 28.7 Å². The molecule has 0 saturated heterocycles. The van der Waals surface area contributed by atoms with Gasteiger partial charge in [-0.2, -0.15) is 10.2 Å². The minimum absolute atomic E-state index is 0.134. The highest BCUT2D eigenvalue weighted by Crippen LogP contribution is 2.22. The molecule has 0 radical (unpaired) electrons. The Kier molecular flexibility index (Phi) is 4.82. The van der Waals surface area contributed by atoms with Crippen molar-refractivity contribution < 1.29 is 0 Å². The lowest BCUT2D eigenvalue weighted by atomic mass is 10.2. The topological polar surface area (TPSA) is 64.7 Å². The summed E-state index contributed by atoms with van der Waals surface area (Å²) in [6.45, 7) is 8.81. The van der Waals surface area contributed by atoms with E-state index < -0.39 is 0 Å². The molecule has 0 aliphatic rings. The van der Waals surface area contributed by atoms with Crippen LogP contribution >= 0.6 is 15.9 Å². The van der Waals surface area contributed by atoms with Gasteiger partial charge >= 0.3 is 0 Å². The van der Waals surface area contributed by atoms with Crippen molar-refractivity contribution in [2.45, 2.75) is 40.3 Å². The van der Waals surface area contributed by atoms with Crippen molar-refractivity contribution in [2.24, 2.45) is 5.92 Å². The van der Waals surface area contributed by atoms with Crippen LogP contribution in [0.2, 0.25) is 0 Å². The fourth-order valence-electron chi connectivity index (χ4n) is 1.87. The number of aromatic nitrogens is 4. The van der Waals surface area contributed by atoms with Crippen molar-refractivity contribution in [3.8, 4) is 0 Å². The normalized spacial score (nSPS) is 11.4. The summed E-state index contributed by atoms with van der Waals surface area (Å²) in [5, 5.41) is 11.6. The number of nitrogens with one attached hydrogen (secondary N) is 1. The zero-order chi connectivity index (χ0) is 15.6. The maximum atomic E-state index is 12.2. The van der Waals surface area contributed by atoms with Crippen molar-refractivity contribution in [1.82, 2.24) is 19.6 Å². The van der Waals surface area contributed by atoms with Gasteiger partial charge in [-0.25, -0.2) is 4.68 Å². The molecule has 0 fully saturated rings. The number of rotatable bonds is 5. The van der Waals surface area contributed by atoms with Gasteiger partial charge in [-0.05, 0) is 35.7 Å². The predicted molar refractivity (Wildman–Crippen MR) is 86.9 cm³/mol. The van der Waals surface area contributed by atoms with E-state index in [0.717, 1.165) is 5.69 Å². The summed E-state index contributed by atoms with van der Waals surface area (Å²) in [6, 6.07) is 0.293. The van der Waals surface area contributed by atoms with E-state index in [2.05, 4.69) is 59.1 Å². The van der Waals surface area contributed by atoms with Crippen LogP contribution in [0.3, 0.4) is 0 Å². The molecule has 0 unspecified atom stereocenters. The summed E-state index contributed by atoms with van der Waals surface area (Å²) < 4.78 is 3.80. The van der Waals surface area contributed by atoms with Crippen LogP contribution in [0.25, 0.3) is 0 Å². The summed E-state index contributed by atoms with van der Waals surface area (Å²) in [5.41, 5.74) is 1.33. The quantitative estimate of drug-likeness (QED) is 0.896. The van der Waals surface area contributed by atoms with Crippen LogP contribution in [0.15, 0.2) is 27.9 Å². The predicted octanol–water partition coefficient (Wildman–Crippen LogP) is 3.18. The number of anilines is 2. The Balaban J connectivity index is 2.24. The molecule has 2 rings (SSSR count). The number of hydrogen-bond acceptors (Lipinski definition) is 4. The lowest BCUT2D eigenvalue weighted by Crippen LogP contribution is -2.26. The van der Waals surface area contributed by atoms with Crippen LogP contribution in [0.1, 0.15) is 33.7 Å². The lowest BCUT2D eigenvalue weighted by Gasteiger charge is -2.11. The third-order valence-corrected chi connectivity index (χ3v) is 3.70. The highest BCUT2D eigenvalue weighted by molar-refractivity contribution is 9.10. The maximum absolute atomic E-state index is 12.2. The zero-order valence-electron chi connectivity index (χ0n) is 12.7. The second-order valence-electron chi connectivity index (χ2n) is 5.68. The highest BCUT2D eigenvalue weighted by Gasteiger charge is 2.11. The monoisotopic (exact) mass is 353 g/mol. The fraction of sp³-hybridized carbons (Fsp3) is 0.500. The van der Waals surface area contributed by atoms with Crippen LogP contribution in [-0.2, 0) is 6.54 Å². The molecule has 0 aliphatic carbocycles. The SMILES string of the molecule is CC(C)Cn1ncc(Nc2cnn(C(C)C)c2)c(Br)c1=O. The first-order valence-corrected chi connectivity index (χ1v) is 7.74. The minimum atomic E-state index is -0.134. The molecule has 0 spiro atoms. The van der Waals surface area contributed by atoms with Crippen LogP contribution < -0.4 is 10.9 Å². The molecule has 2 heterocycles. The molecular formula is C14H20BrN5O. The van der Waals surface area contributed by atoms with Gasteiger partial charge in [0.05, 0.1) is 23.8 Å². The Hall–Kier alpha value is -1.63. The summed E-state index contributed by atoms with van der Waals surface area (Å²) in [4.78, 5) is 12.2. The average molecular weight is 354 g/mol. The van der Waals surface area contributed by atoms with E-state index in [-0.39, 0.29) is 5.56 Å². The van der Waals surface area contributed by atoms with Crippen LogP contribution in [0.5, 0.6) is 0 Å². The van der Waals surface area contributed by atoms with E-state index >= 15 is 0 Å². The van der Waals surface area contributed by atoms with Gasteiger partial charge in [0.2, 0.25) is 0 Å². The van der Waals surface area contributed by atoms with E-state index in [1.54, 1.807) is 12.4 Å². The van der Waals surface area contributed by atoms with Crippen LogP contribution in [0.4, 0.5) is 11.4 Å². The van der Waals surface area contributed by atoms with Gasteiger partial charge in [0, 0.05) is 18.8 Å². The molecule has 0 amide bonds. The summed E-state index contributed by atoms with van der Waals surface area (Å²) in [6.07, 6.45) is 5.28. The summed E-state index contributed by atoms with van der Waals surface area (Å²) >= 11 is 3.35. The smallest absolute Gasteiger partial charge is 0.283 e. The molecule has 0 saturated carbocycles. The second kappa shape index (κ2) is 6.43.